The van der Waals surface area contributed by atoms with Gasteiger partial charge in [-0.05, 0) is 37.5 Å². The molecule has 1 aliphatic rings. The average Bonchev–Trinajstić information content (AvgIpc) is 2.96. The third-order valence-electron chi connectivity index (χ3n) is 3.74. The fourth-order valence-corrected chi connectivity index (χ4v) is 2.83. The van der Waals surface area contributed by atoms with Crippen molar-refractivity contribution in [1.29, 1.82) is 0 Å². The van der Waals surface area contributed by atoms with Crippen molar-refractivity contribution in [2.24, 2.45) is 0 Å². The Kier molecular flexibility index (Phi) is 5.38. The van der Waals surface area contributed by atoms with Gasteiger partial charge in [0.05, 0.1) is 11.7 Å². The molecule has 1 aromatic carbocycles. The Hall–Kier alpha value is -0.940. The molecule has 1 heterocycles. The van der Waals surface area contributed by atoms with Crippen LogP contribution in [0.4, 0.5) is 18.9 Å². The largest absolute Gasteiger partial charge is 0.416 e. The fourth-order valence-electron chi connectivity index (χ4n) is 2.59. The molecule has 1 aromatic rings. The normalized spacial score (nSPS) is 19.0. The van der Waals surface area contributed by atoms with Crippen LogP contribution >= 0.6 is 11.6 Å². The lowest BCUT2D eigenvalue weighted by Gasteiger charge is -2.27. The van der Waals surface area contributed by atoms with Gasteiger partial charge in [0, 0.05) is 31.3 Å². The molecule has 118 valence electrons. The van der Waals surface area contributed by atoms with Crippen molar-refractivity contribution in [2.75, 3.05) is 24.6 Å². The second-order valence-corrected chi connectivity index (χ2v) is 5.41. The Morgan fingerprint density at radius 2 is 2.14 bits per heavy atom. The molecule has 0 aromatic heterocycles. The van der Waals surface area contributed by atoms with Crippen molar-refractivity contribution >= 4 is 17.3 Å². The monoisotopic (exact) mass is 321 g/mol. The molecule has 2 nitrogen and oxygen atoms in total. The van der Waals surface area contributed by atoms with E-state index in [1.807, 2.05) is 11.8 Å². The summed E-state index contributed by atoms with van der Waals surface area (Å²) >= 11 is 5.61. The van der Waals surface area contributed by atoms with Crippen LogP contribution in [0.3, 0.4) is 0 Å². The van der Waals surface area contributed by atoms with E-state index in [-0.39, 0.29) is 17.5 Å². The summed E-state index contributed by atoms with van der Waals surface area (Å²) in [6.07, 6.45) is -2.31. The van der Waals surface area contributed by atoms with Gasteiger partial charge in [0.15, 0.2) is 0 Å². The molecule has 0 bridgehead atoms. The van der Waals surface area contributed by atoms with Gasteiger partial charge in [-0.15, -0.1) is 11.6 Å². The third-order valence-corrected chi connectivity index (χ3v) is 4.03. The van der Waals surface area contributed by atoms with Crippen LogP contribution in [-0.4, -0.2) is 25.8 Å². The van der Waals surface area contributed by atoms with Crippen molar-refractivity contribution in [1.82, 2.24) is 0 Å². The molecular weight excluding hydrogens is 303 g/mol. The lowest BCUT2D eigenvalue weighted by atomic mass is 10.1. The van der Waals surface area contributed by atoms with E-state index in [9.17, 15) is 13.2 Å². The molecule has 1 fully saturated rings. The minimum absolute atomic E-state index is 0.104. The third kappa shape index (κ3) is 4.04. The first-order chi connectivity index (χ1) is 9.95. The van der Waals surface area contributed by atoms with Gasteiger partial charge in [0.1, 0.15) is 0 Å². The van der Waals surface area contributed by atoms with Crippen LogP contribution in [0.2, 0.25) is 0 Å². The number of alkyl halides is 4. The SMILES string of the molecule is CCN(CC1CCCO1)c1ccc(CCl)c(C(F)(F)F)c1. The maximum Gasteiger partial charge on any atom is 0.416 e. The van der Waals surface area contributed by atoms with E-state index in [2.05, 4.69) is 0 Å². The number of likely N-dealkylation sites (N-methyl/N-ethyl adjacent to an activating group) is 1. The van der Waals surface area contributed by atoms with Crippen molar-refractivity contribution in [3.8, 4) is 0 Å². The van der Waals surface area contributed by atoms with E-state index in [1.54, 1.807) is 6.07 Å². The number of benzene rings is 1. The molecule has 1 atom stereocenters. The zero-order valence-corrected chi connectivity index (χ0v) is 12.7. The van der Waals surface area contributed by atoms with Crippen LogP contribution in [0.15, 0.2) is 18.2 Å². The highest BCUT2D eigenvalue weighted by Gasteiger charge is 2.33. The number of rotatable bonds is 5. The molecule has 0 N–H and O–H groups in total. The Morgan fingerprint density at radius 1 is 1.38 bits per heavy atom. The van der Waals surface area contributed by atoms with Gasteiger partial charge < -0.3 is 9.64 Å². The number of nitrogens with zero attached hydrogens (tertiary/aromatic N) is 1. The van der Waals surface area contributed by atoms with Crippen LogP contribution in [0.25, 0.3) is 0 Å². The van der Waals surface area contributed by atoms with Gasteiger partial charge >= 0.3 is 6.18 Å². The van der Waals surface area contributed by atoms with E-state index in [0.717, 1.165) is 19.4 Å². The maximum atomic E-state index is 13.1. The van der Waals surface area contributed by atoms with Crippen molar-refractivity contribution in [3.63, 3.8) is 0 Å². The lowest BCUT2D eigenvalue weighted by Crippen LogP contribution is -2.32. The second-order valence-electron chi connectivity index (χ2n) is 5.15. The highest BCUT2D eigenvalue weighted by Crippen LogP contribution is 2.35. The number of hydrogen-bond acceptors (Lipinski definition) is 2. The first-order valence-electron chi connectivity index (χ1n) is 7.08. The minimum Gasteiger partial charge on any atom is -0.376 e. The first-order valence-corrected chi connectivity index (χ1v) is 7.61. The lowest BCUT2D eigenvalue weighted by molar-refractivity contribution is -0.138. The Bertz CT molecular complexity index is 472. The quantitative estimate of drug-likeness (QED) is 0.743. The summed E-state index contributed by atoms with van der Waals surface area (Å²) in [5.74, 6) is -0.146. The van der Waals surface area contributed by atoms with Crippen molar-refractivity contribution in [3.05, 3.63) is 29.3 Å². The molecule has 6 heteroatoms. The molecule has 1 unspecified atom stereocenters. The Morgan fingerprint density at radius 3 is 2.67 bits per heavy atom. The van der Waals surface area contributed by atoms with Crippen LogP contribution in [0.1, 0.15) is 30.9 Å². The standard InChI is InChI=1S/C15H19ClF3NO/c1-2-20(10-13-4-3-7-21-13)12-6-5-11(9-16)14(8-12)15(17,18)19/h5-6,8,13H,2-4,7,9-10H2,1H3. The predicted molar refractivity (Wildman–Crippen MR) is 77.9 cm³/mol. The van der Waals surface area contributed by atoms with E-state index in [4.69, 9.17) is 16.3 Å². The molecule has 1 saturated heterocycles. The van der Waals surface area contributed by atoms with Gasteiger partial charge in [-0.3, -0.25) is 0 Å². The van der Waals surface area contributed by atoms with Gasteiger partial charge in [-0.25, -0.2) is 0 Å². The summed E-state index contributed by atoms with van der Waals surface area (Å²) in [5, 5.41) is 0. The Labute approximate surface area is 127 Å². The Balaban J connectivity index is 2.24. The number of ether oxygens (including phenoxy) is 1. The molecule has 0 saturated carbocycles. The molecule has 0 radical (unpaired) electrons. The predicted octanol–water partition coefficient (Wildman–Crippen LogP) is 4.45. The molecule has 1 aliphatic heterocycles. The maximum absolute atomic E-state index is 13.1. The smallest absolute Gasteiger partial charge is 0.376 e. The van der Waals surface area contributed by atoms with Crippen LogP contribution < -0.4 is 4.90 Å². The van der Waals surface area contributed by atoms with Gasteiger partial charge in [-0.2, -0.15) is 13.2 Å². The summed E-state index contributed by atoms with van der Waals surface area (Å²) in [6.45, 7) is 3.92. The van der Waals surface area contributed by atoms with Crippen LogP contribution in [0.5, 0.6) is 0 Å². The van der Waals surface area contributed by atoms with Crippen molar-refractivity contribution < 1.29 is 17.9 Å². The minimum atomic E-state index is -4.39. The average molecular weight is 322 g/mol. The van der Waals surface area contributed by atoms with E-state index >= 15 is 0 Å². The second kappa shape index (κ2) is 6.88. The molecule has 0 aliphatic carbocycles. The van der Waals surface area contributed by atoms with Crippen LogP contribution in [0, 0.1) is 0 Å². The highest BCUT2D eigenvalue weighted by atomic mass is 35.5. The summed E-state index contributed by atoms with van der Waals surface area (Å²) in [6, 6.07) is 4.35. The molecule has 21 heavy (non-hydrogen) atoms. The topological polar surface area (TPSA) is 12.5 Å². The molecule has 0 spiro atoms. The number of halogens is 4. The summed E-state index contributed by atoms with van der Waals surface area (Å²) in [7, 11) is 0. The van der Waals surface area contributed by atoms with Gasteiger partial charge in [0.25, 0.3) is 0 Å². The van der Waals surface area contributed by atoms with Gasteiger partial charge in [0.2, 0.25) is 0 Å². The van der Waals surface area contributed by atoms with E-state index in [0.29, 0.717) is 18.8 Å². The van der Waals surface area contributed by atoms with Crippen molar-refractivity contribution in [2.45, 2.75) is 37.9 Å². The van der Waals surface area contributed by atoms with E-state index in [1.165, 1.54) is 12.1 Å². The molecular formula is C15H19ClF3NO. The summed E-state index contributed by atoms with van der Waals surface area (Å²) < 4.78 is 44.8. The first kappa shape index (κ1) is 16.4. The zero-order chi connectivity index (χ0) is 15.5. The number of hydrogen-bond donors (Lipinski definition) is 0. The highest BCUT2D eigenvalue weighted by molar-refractivity contribution is 6.17. The molecule has 0 amide bonds. The van der Waals surface area contributed by atoms with E-state index < -0.39 is 11.7 Å². The summed E-state index contributed by atoms with van der Waals surface area (Å²) in [5.41, 5.74) is 0.0241. The molecule has 2 rings (SSSR count). The summed E-state index contributed by atoms with van der Waals surface area (Å²) in [4.78, 5) is 1.92. The fraction of sp³-hybridized carbons (Fsp3) is 0.600. The number of anilines is 1. The van der Waals surface area contributed by atoms with Gasteiger partial charge in [-0.1, -0.05) is 6.07 Å². The zero-order valence-electron chi connectivity index (χ0n) is 11.9. The van der Waals surface area contributed by atoms with Crippen LogP contribution in [-0.2, 0) is 16.8 Å².